The van der Waals surface area contributed by atoms with Gasteiger partial charge in [-0.3, -0.25) is 10.1 Å². The first-order valence-electron chi connectivity index (χ1n) is 9.16. The standard InChI is InChI=1S/C19H23N5O3/c1-2-3-4-8-11-20-15-12-16(21-13-14-9-6-5-7-10-14)19(24(25)26)18-17(15)22-27-23-18/h5-7,9-10,12,20-21H,2-4,8,11,13H2,1H3. The number of hydrogen-bond acceptors (Lipinski definition) is 7. The van der Waals surface area contributed by atoms with E-state index in [1.807, 2.05) is 30.3 Å². The van der Waals surface area contributed by atoms with Gasteiger partial charge < -0.3 is 10.6 Å². The van der Waals surface area contributed by atoms with E-state index in [2.05, 4.69) is 27.9 Å². The molecule has 27 heavy (non-hydrogen) atoms. The molecule has 2 aromatic carbocycles. The molecule has 0 saturated carbocycles. The van der Waals surface area contributed by atoms with Crippen molar-refractivity contribution in [2.75, 3.05) is 17.2 Å². The van der Waals surface area contributed by atoms with Crippen LogP contribution < -0.4 is 10.6 Å². The molecule has 8 heteroatoms. The molecule has 0 fully saturated rings. The van der Waals surface area contributed by atoms with Crippen LogP contribution in [0.25, 0.3) is 11.0 Å². The zero-order valence-corrected chi connectivity index (χ0v) is 15.3. The van der Waals surface area contributed by atoms with Crippen molar-refractivity contribution in [2.45, 2.75) is 39.2 Å². The predicted molar refractivity (Wildman–Crippen MR) is 105 cm³/mol. The first kappa shape index (κ1) is 18.6. The molecule has 0 unspecified atom stereocenters. The lowest BCUT2D eigenvalue weighted by Crippen LogP contribution is -2.07. The number of nitro benzene ring substituents is 1. The Morgan fingerprint density at radius 1 is 1.04 bits per heavy atom. The van der Waals surface area contributed by atoms with Crippen molar-refractivity contribution >= 4 is 28.1 Å². The van der Waals surface area contributed by atoms with E-state index in [0.717, 1.165) is 24.9 Å². The van der Waals surface area contributed by atoms with Crippen LogP contribution in [-0.2, 0) is 6.54 Å². The van der Waals surface area contributed by atoms with Crippen LogP contribution >= 0.6 is 0 Å². The number of nitro groups is 1. The third-order valence-corrected chi connectivity index (χ3v) is 4.37. The Morgan fingerprint density at radius 2 is 1.81 bits per heavy atom. The predicted octanol–water partition coefficient (Wildman–Crippen LogP) is 4.74. The molecule has 0 spiro atoms. The van der Waals surface area contributed by atoms with Crippen molar-refractivity contribution in [2.24, 2.45) is 0 Å². The van der Waals surface area contributed by atoms with Gasteiger partial charge in [-0.25, -0.2) is 4.63 Å². The van der Waals surface area contributed by atoms with Crippen molar-refractivity contribution in [1.29, 1.82) is 0 Å². The zero-order valence-electron chi connectivity index (χ0n) is 15.3. The van der Waals surface area contributed by atoms with E-state index in [1.54, 1.807) is 6.07 Å². The minimum absolute atomic E-state index is 0.126. The van der Waals surface area contributed by atoms with E-state index >= 15 is 0 Å². The van der Waals surface area contributed by atoms with Crippen LogP contribution in [0.15, 0.2) is 41.0 Å². The molecule has 0 aliphatic carbocycles. The minimum Gasteiger partial charge on any atom is -0.383 e. The number of benzene rings is 2. The van der Waals surface area contributed by atoms with Crippen LogP contribution in [0.4, 0.5) is 17.1 Å². The van der Waals surface area contributed by atoms with Crippen molar-refractivity contribution in [3.05, 3.63) is 52.1 Å². The van der Waals surface area contributed by atoms with Crippen LogP contribution in [0.5, 0.6) is 0 Å². The lowest BCUT2D eigenvalue weighted by Gasteiger charge is -2.11. The van der Waals surface area contributed by atoms with Gasteiger partial charge in [-0.15, -0.1) is 0 Å². The summed E-state index contributed by atoms with van der Waals surface area (Å²) in [6.07, 6.45) is 4.51. The highest BCUT2D eigenvalue weighted by atomic mass is 16.6. The van der Waals surface area contributed by atoms with Crippen LogP contribution in [0.3, 0.4) is 0 Å². The van der Waals surface area contributed by atoms with E-state index in [0.29, 0.717) is 23.4 Å². The number of hydrogen-bond donors (Lipinski definition) is 2. The van der Waals surface area contributed by atoms with E-state index in [9.17, 15) is 10.1 Å². The lowest BCUT2D eigenvalue weighted by molar-refractivity contribution is -0.382. The molecule has 3 rings (SSSR count). The summed E-state index contributed by atoms with van der Waals surface area (Å²) in [5.41, 5.74) is 2.50. The maximum absolute atomic E-state index is 11.6. The molecule has 0 saturated heterocycles. The number of rotatable bonds is 10. The number of nitrogens with one attached hydrogen (secondary N) is 2. The Kier molecular flexibility index (Phi) is 6.19. The Labute approximate surface area is 157 Å². The summed E-state index contributed by atoms with van der Waals surface area (Å²) < 4.78 is 4.79. The fourth-order valence-corrected chi connectivity index (χ4v) is 2.95. The van der Waals surface area contributed by atoms with Crippen LogP contribution in [0, 0.1) is 10.1 Å². The van der Waals surface area contributed by atoms with E-state index in [1.165, 1.54) is 12.8 Å². The van der Waals surface area contributed by atoms with Gasteiger partial charge in [0.1, 0.15) is 5.69 Å². The number of unbranched alkanes of at least 4 members (excludes halogenated alkanes) is 3. The molecule has 0 atom stereocenters. The van der Waals surface area contributed by atoms with E-state index < -0.39 is 4.92 Å². The second-order valence-corrected chi connectivity index (χ2v) is 6.37. The van der Waals surface area contributed by atoms with Crippen molar-refractivity contribution in [1.82, 2.24) is 10.3 Å². The van der Waals surface area contributed by atoms with Gasteiger partial charge >= 0.3 is 5.69 Å². The second kappa shape index (κ2) is 8.98. The fourth-order valence-electron chi connectivity index (χ4n) is 2.95. The lowest BCUT2D eigenvalue weighted by atomic mass is 10.1. The molecular formula is C19H23N5O3. The molecular weight excluding hydrogens is 346 g/mol. The number of nitrogens with zero attached hydrogens (tertiary/aromatic N) is 3. The topological polar surface area (TPSA) is 106 Å². The summed E-state index contributed by atoms with van der Waals surface area (Å²) in [6, 6.07) is 11.4. The van der Waals surface area contributed by atoms with Gasteiger partial charge in [0.2, 0.25) is 5.52 Å². The zero-order chi connectivity index (χ0) is 19.1. The van der Waals surface area contributed by atoms with Gasteiger partial charge in [-0.2, -0.15) is 0 Å². The van der Waals surface area contributed by atoms with Crippen LogP contribution in [-0.4, -0.2) is 21.8 Å². The molecule has 0 radical (unpaired) electrons. The molecule has 1 aromatic heterocycles. The highest BCUT2D eigenvalue weighted by Crippen LogP contribution is 2.37. The fraction of sp³-hybridized carbons (Fsp3) is 0.368. The van der Waals surface area contributed by atoms with E-state index in [4.69, 9.17) is 4.63 Å². The largest absolute Gasteiger partial charge is 0.383 e. The maximum atomic E-state index is 11.6. The Hall–Kier alpha value is -3.16. The summed E-state index contributed by atoms with van der Waals surface area (Å²) in [4.78, 5) is 11.2. The summed E-state index contributed by atoms with van der Waals surface area (Å²) >= 11 is 0. The summed E-state index contributed by atoms with van der Waals surface area (Å²) in [6.45, 7) is 3.39. The molecule has 0 aliphatic heterocycles. The first-order chi connectivity index (χ1) is 13.2. The molecule has 0 bridgehead atoms. The van der Waals surface area contributed by atoms with Gasteiger partial charge in [-0.1, -0.05) is 56.5 Å². The van der Waals surface area contributed by atoms with Gasteiger partial charge in [-0.05, 0) is 28.4 Å². The van der Waals surface area contributed by atoms with Crippen LogP contribution in [0.1, 0.15) is 38.2 Å². The van der Waals surface area contributed by atoms with Gasteiger partial charge in [0.25, 0.3) is 0 Å². The van der Waals surface area contributed by atoms with Crippen molar-refractivity contribution < 1.29 is 9.55 Å². The average molecular weight is 369 g/mol. The number of anilines is 2. The molecule has 0 amide bonds. The van der Waals surface area contributed by atoms with E-state index in [-0.39, 0.29) is 11.2 Å². The summed E-state index contributed by atoms with van der Waals surface area (Å²) in [5.74, 6) is 0. The smallest absolute Gasteiger partial charge is 0.323 e. The summed E-state index contributed by atoms with van der Waals surface area (Å²) in [5, 5.41) is 25.7. The quantitative estimate of drug-likeness (QED) is 0.302. The van der Waals surface area contributed by atoms with Crippen molar-refractivity contribution in [3.63, 3.8) is 0 Å². The van der Waals surface area contributed by atoms with Gasteiger partial charge in [0, 0.05) is 13.1 Å². The van der Waals surface area contributed by atoms with Crippen molar-refractivity contribution in [3.8, 4) is 0 Å². The first-order valence-corrected chi connectivity index (χ1v) is 9.16. The third-order valence-electron chi connectivity index (χ3n) is 4.37. The Bertz CT molecular complexity index is 895. The molecule has 8 nitrogen and oxygen atoms in total. The average Bonchev–Trinajstić information content (AvgIpc) is 3.16. The summed E-state index contributed by atoms with van der Waals surface area (Å²) in [7, 11) is 0. The molecule has 1 heterocycles. The highest BCUT2D eigenvalue weighted by Gasteiger charge is 2.25. The van der Waals surface area contributed by atoms with Gasteiger partial charge in [0.05, 0.1) is 10.6 Å². The van der Waals surface area contributed by atoms with Gasteiger partial charge in [0.15, 0.2) is 5.52 Å². The molecule has 142 valence electrons. The molecule has 3 aromatic rings. The number of aromatic nitrogens is 2. The SMILES string of the molecule is CCCCCCNc1cc(NCc2ccccc2)c([N+](=O)[O-])c2nonc12. The minimum atomic E-state index is -0.453. The Balaban J connectivity index is 1.85. The second-order valence-electron chi connectivity index (χ2n) is 6.37. The molecule has 0 aliphatic rings. The normalized spacial score (nSPS) is 10.9. The Morgan fingerprint density at radius 3 is 2.56 bits per heavy atom. The third kappa shape index (κ3) is 4.52. The maximum Gasteiger partial charge on any atom is 0.323 e. The number of fused-ring (bicyclic) bond motifs is 1. The monoisotopic (exact) mass is 369 g/mol. The molecule has 2 N–H and O–H groups in total. The van der Waals surface area contributed by atoms with Crippen LogP contribution in [0.2, 0.25) is 0 Å². The highest BCUT2D eigenvalue weighted by molar-refractivity contribution is 5.99.